The number of hydrogen-bond acceptors (Lipinski definition) is 3. The van der Waals surface area contributed by atoms with Gasteiger partial charge in [-0.25, -0.2) is 4.98 Å². The van der Waals surface area contributed by atoms with Gasteiger partial charge in [-0.2, -0.15) is 13.2 Å². The van der Waals surface area contributed by atoms with Gasteiger partial charge in [0.15, 0.2) is 5.69 Å². The van der Waals surface area contributed by atoms with Crippen molar-refractivity contribution in [1.29, 1.82) is 0 Å². The smallest absolute Gasteiger partial charge is 0.348 e. The van der Waals surface area contributed by atoms with Crippen molar-refractivity contribution >= 4 is 11.8 Å². The van der Waals surface area contributed by atoms with Crippen LogP contribution in [0, 0.1) is 0 Å². The minimum atomic E-state index is -4.45. The summed E-state index contributed by atoms with van der Waals surface area (Å²) in [5.74, 6) is -1.07. The molecule has 1 aliphatic carbocycles. The van der Waals surface area contributed by atoms with Gasteiger partial charge in [0.2, 0.25) is 0 Å². The second kappa shape index (κ2) is 6.58. The van der Waals surface area contributed by atoms with Crippen LogP contribution in [0.25, 0.3) is 0 Å². The van der Waals surface area contributed by atoms with Crippen molar-refractivity contribution in [2.24, 2.45) is 0 Å². The zero-order valence-electron chi connectivity index (χ0n) is 13.0. The first kappa shape index (κ1) is 17.0. The van der Waals surface area contributed by atoms with E-state index in [9.17, 15) is 22.8 Å². The van der Waals surface area contributed by atoms with E-state index in [1.165, 1.54) is 18.5 Å². The Kier molecular flexibility index (Phi) is 4.47. The molecule has 1 aliphatic rings. The number of benzene rings is 1. The van der Waals surface area contributed by atoms with Gasteiger partial charge in [-0.05, 0) is 30.5 Å². The zero-order chi connectivity index (χ0) is 18.0. The number of nitrogens with zero attached hydrogens (tertiary/aromatic N) is 1. The summed E-state index contributed by atoms with van der Waals surface area (Å²) in [5.41, 5.74) is -0.546. The summed E-state index contributed by atoms with van der Waals surface area (Å²) in [7, 11) is 0. The molecule has 2 amide bonds. The van der Waals surface area contributed by atoms with Crippen molar-refractivity contribution in [3.05, 3.63) is 53.1 Å². The van der Waals surface area contributed by atoms with Crippen molar-refractivity contribution < 1.29 is 22.8 Å². The van der Waals surface area contributed by atoms with Crippen LogP contribution in [0.4, 0.5) is 13.2 Å². The van der Waals surface area contributed by atoms with E-state index in [1.54, 1.807) is 0 Å². The molecule has 2 aromatic rings. The Hall–Kier alpha value is -2.84. The summed E-state index contributed by atoms with van der Waals surface area (Å²) in [6.45, 7) is -0.106. The molecular formula is C16H15F3N4O2. The predicted molar refractivity (Wildman–Crippen MR) is 81.7 cm³/mol. The first-order chi connectivity index (χ1) is 11.8. The maximum Gasteiger partial charge on any atom is 0.416 e. The average Bonchev–Trinajstić information content (AvgIpc) is 3.24. The number of hydrogen-bond donors (Lipinski definition) is 3. The highest BCUT2D eigenvalue weighted by Gasteiger charge is 2.30. The van der Waals surface area contributed by atoms with E-state index in [1.807, 2.05) is 0 Å². The second-order valence-corrected chi connectivity index (χ2v) is 5.75. The number of halogens is 3. The summed E-state index contributed by atoms with van der Waals surface area (Å²) in [6, 6.07) is 4.79. The van der Waals surface area contributed by atoms with E-state index in [2.05, 4.69) is 20.6 Å². The van der Waals surface area contributed by atoms with E-state index in [4.69, 9.17) is 0 Å². The Labute approximate surface area is 140 Å². The zero-order valence-corrected chi connectivity index (χ0v) is 13.0. The van der Waals surface area contributed by atoms with Gasteiger partial charge in [-0.3, -0.25) is 9.59 Å². The number of amides is 2. The number of rotatable bonds is 5. The van der Waals surface area contributed by atoms with Gasteiger partial charge >= 0.3 is 6.18 Å². The molecule has 1 fully saturated rings. The summed E-state index contributed by atoms with van der Waals surface area (Å²) in [5, 5.41) is 5.21. The van der Waals surface area contributed by atoms with Gasteiger partial charge in [0.25, 0.3) is 11.8 Å². The quantitative estimate of drug-likeness (QED) is 0.771. The lowest BCUT2D eigenvalue weighted by Gasteiger charge is -2.09. The van der Waals surface area contributed by atoms with Gasteiger partial charge < -0.3 is 15.6 Å². The molecule has 9 heteroatoms. The van der Waals surface area contributed by atoms with Gasteiger partial charge in [0, 0.05) is 12.6 Å². The average molecular weight is 352 g/mol. The Bertz CT molecular complexity index is 797. The van der Waals surface area contributed by atoms with Crippen molar-refractivity contribution in [3.63, 3.8) is 0 Å². The highest BCUT2D eigenvalue weighted by Crippen LogP contribution is 2.29. The molecule has 1 heterocycles. The van der Waals surface area contributed by atoms with Crippen molar-refractivity contribution in [1.82, 2.24) is 20.6 Å². The third-order valence-corrected chi connectivity index (χ3v) is 3.70. The van der Waals surface area contributed by atoms with Crippen LogP contribution in [0.1, 0.15) is 44.9 Å². The first-order valence-corrected chi connectivity index (χ1v) is 7.63. The van der Waals surface area contributed by atoms with Gasteiger partial charge in [-0.15, -0.1) is 0 Å². The Morgan fingerprint density at radius 3 is 2.68 bits per heavy atom. The number of nitrogens with one attached hydrogen (secondary N) is 3. The molecule has 0 bridgehead atoms. The summed E-state index contributed by atoms with van der Waals surface area (Å²) in [6.07, 6.45) is -1.43. The van der Waals surface area contributed by atoms with E-state index in [0.29, 0.717) is 5.56 Å². The Morgan fingerprint density at radius 1 is 1.24 bits per heavy atom. The molecule has 3 N–H and O–H groups in total. The molecule has 3 rings (SSSR count). The van der Waals surface area contributed by atoms with E-state index in [-0.39, 0.29) is 24.0 Å². The van der Waals surface area contributed by atoms with Crippen LogP contribution < -0.4 is 10.6 Å². The van der Waals surface area contributed by atoms with Crippen molar-refractivity contribution in [2.75, 3.05) is 0 Å². The minimum Gasteiger partial charge on any atom is -0.348 e. The van der Waals surface area contributed by atoms with Gasteiger partial charge in [-0.1, -0.05) is 12.1 Å². The molecule has 0 atom stereocenters. The predicted octanol–water partition coefficient (Wildman–Crippen LogP) is 2.25. The largest absolute Gasteiger partial charge is 0.416 e. The standard InChI is InChI=1S/C16H15F3N4O2/c17-16(18,19)10-3-1-2-9(6-10)7-20-14(24)12-13(22-8-21-12)15(25)23-11-4-5-11/h1-3,6,8,11H,4-5,7H2,(H,20,24)(H,21,22)(H,23,25). The van der Waals surface area contributed by atoms with Crippen LogP contribution >= 0.6 is 0 Å². The highest BCUT2D eigenvalue weighted by molar-refractivity contribution is 6.04. The van der Waals surface area contributed by atoms with Crippen molar-refractivity contribution in [3.8, 4) is 0 Å². The molecular weight excluding hydrogens is 337 g/mol. The molecule has 132 valence electrons. The number of aromatic amines is 1. The molecule has 1 aromatic heterocycles. The minimum absolute atomic E-state index is 0.0230. The SMILES string of the molecule is O=C(NC1CC1)c1nc[nH]c1C(=O)NCc1cccc(C(F)(F)F)c1. The molecule has 1 saturated carbocycles. The van der Waals surface area contributed by atoms with Crippen LogP contribution in [0.3, 0.4) is 0 Å². The number of H-pyrrole nitrogens is 1. The normalized spacial score (nSPS) is 14.2. The van der Waals surface area contributed by atoms with Crippen LogP contribution in [0.2, 0.25) is 0 Å². The second-order valence-electron chi connectivity index (χ2n) is 5.75. The molecule has 0 saturated heterocycles. The topological polar surface area (TPSA) is 86.9 Å². The molecule has 6 nitrogen and oxygen atoms in total. The number of alkyl halides is 3. The Morgan fingerprint density at radius 2 is 2.00 bits per heavy atom. The molecule has 0 spiro atoms. The highest BCUT2D eigenvalue weighted by atomic mass is 19.4. The molecule has 0 unspecified atom stereocenters. The molecule has 25 heavy (non-hydrogen) atoms. The number of aromatic nitrogens is 2. The van der Waals surface area contributed by atoms with Crippen molar-refractivity contribution in [2.45, 2.75) is 31.6 Å². The summed E-state index contributed by atoms with van der Waals surface area (Å²) in [4.78, 5) is 30.6. The fourth-order valence-corrected chi connectivity index (χ4v) is 2.25. The van der Waals surface area contributed by atoms with E-state index < -0.39 is 23.6 Å². The van der Waals surface area contributed by atoms with E-state index >= 15 is 0 Å². The van der Waals surface area contributed by atoms with Crippen LogP contribution in [0.15, 0.2) is 30.6 Å². The van der Waals surface area contributed by atoms with Gasteiger partial charge in [0.1, 0.15) is 5.69 Å². The lowest BCUT2D eigenvalue weighted by Crippen LogP contribution is -2.30. The molecule has 1 aromatic carbocycles. The lowest BCUT2D eigenvalue weighted by molar-refractivity contribution is -0.137. The van der Waals surface area contributed by atoms with Gasteiger partial charge in [0.05, 0.1) is 11.9 Å². The maximum atomic E-state index is 12.7. The molecule has 0 aliphatic heterocycles. The fraction of sp³-hybridized carbons (Fsp3) is 0.312. The lowest BCUT2D eigenvalue weighted by atomic mass is 10.1. The number of carbonyl (C=O) groups is 2. The van der Waals surface area contributed by atoms with Crippen LogP contribution in [-0.2, 0) is 12.7 Å². The first-order valence-electron chi connectivity index (χ1n) is 7.63. The Balaban J connectivity index is 1.65. The maximum absolute atomic E-state index is 12.7. The number of imidazole rings is 1. The molecule has 0 radical (unpaired) electrons. The fourth-order valence-electron chi connectivity index (χ4n) is 2.25. The van der Waals surface area contributed by atoms with Crippen LogP contribution in [-0.4, -0.2) is 27.8 Å². The van der Waals surface area contributed by atoms with Crippen LogP contribution in [0.5, 0.6) is 0 Å². The number of carbonyl (C=O) groups excluding carboxylic acids is 2. The monoisotopic (exact) mass is 352 g/mol. The summed E-state index contributed by atoms with van der Waals surface area (Å²) < 4.78 is 38.1. The third-order valence-electron chi connectivity index (χ3n) is 3.70. The third kappa shape index (κ3) is 4.17. The van der Waals surface area contributed by atoms with E-state index in [0.717, 1.165) is 25.0 Å². The summed E-state index contributed by atoms with van der Waals surface area (Å²) >= 11 is 0.